The van der Waals surface area contributed by atoms with Crippen LogP contribution in [0.3, 0.4) is 0 Å². The highest BCUT2D eigenvalue weighted by Gasteiger charge is 2.17. The Morgan fingerprint density at radius 1 is 1.04 bits per heavy atom. The molecular formula is C17H18N2O3S. The van der Waals surface area contributed by atoms with Crippen LogP contribution < -0.4 is 5.32 Å². The standard InChI is InChI=1S/C17H18N2O3S/c1-11-4-6-13(7-5-11)18-16(21)10-19(3)17(22)15-9-8-14(23-15)12(2)20/h4-9H,10H2,1-3H3,(H,18,21). The SMILES string of the molecule is CC(=O)c1ccc(C(=O)N(C)CC(=O)Nc2ccc(C)cc2)s1. The fraction of sp³-hybridized carbons (Fsp3) is 0.235. The summed E-state index contributed by atoms with van der Waals surface area (Å²) in [5.41, 5.74) is 1.80. The van der Waals surface area contributed by atoms with E-state index in [2.05, 4.69) is 5.32 Å². The second kappa shape index (κ2) is 7.19. The van der Waals surface area contributed by atoms with Crippen LogP contribution in [0.15, 0.2) is 36.4 Å². The molecule has 1 aromatic heterocycles. The molecule has 5 nitrogen and oxygen atoms in total. The number of ketones is 1. The number of anilines is 1. The molecule has 0 fully saturated rings. The van der Waals surface area contributed by atoms with E-state index in [0.717, 1.165) is 16.9 Å². The molecule has 120 valence electrons. The molecule has 23 heavy (non-hydrogen) atoms. The van der Waals surface area contributed by atoms with Crippen molar-refractivity contribution < 1.29 is 14.4 Å². The third-order valence-electron chi connectivity index (χ3n) is 3.23. The van der Waals surface area contributed by atoms with Gasteiger partial charge in [-0.3, -0.25) is 14.4 Å². The Labute approximate surface area is 138 Å². The number of carbonyl (C=O) groups excluding carboxylic acids is 3. The number of likely N-dealkylation sites (N-methyl/N-ethyl adjacent to an activating group) is 1. The first-order chi connectivity index (χ1) is 10.9. The predicted molar refractivity (Wildman–Crippen MR) is 91.1 cm³/mol. The molecule has 0 saturated carbocycles. The van der Waals surface area contributed by atoms with Gasteiger partial charge in [0.15, 0.2) is 5.78 Å². The average molecular weight is 330 g/mol. The Morgan fingerprint density at radius 2 is 1.65 bits per heavy atom. The first kappa shape index (κ1) is 16.9. The van der Waals surface area contributed by atoms with Gasteiger partial charge in [0.05, 0.1) is 16.3 Å². The Kier molecular flexibility index (Phi) is 5.28. The van der Waals surface area contributed by atoms with Crippen molar-refractivity contribution in [1.29, 1.82) is 0 Å². The zero-order valence-electron chi connectivity index (χ0n) is 13.3. The Bertz CT molecular complexity index is 735. The minimum Gasteiger partial charge on any atom is -0.332 e. The van der Waals surface area contributed by atoms with Crippen LogP contribution in [0, 0.1) is 6.92 Å². The molecule has 1 heterocycles. The monoisotopic (exact) mass is 330 g/mol. The molecule has 0 radical (unpaired) electrons. The van der Waals surface area contributed by atoms with Gasteiger partial charge >= 0.3 is 0 Å². The van der Waals surface area contributed by atoms with Crippen LogP contribution in [0.25, 0.3) is 0 Å². The second-order valence-corrected chi connectivity index (χ2v) is 6.38. The van der Waals surface area contributed by atoms with Crippen molar-refractivity contribution >= 4 is 34.6 Å². The minimum atomic E-state index is -0.276. The fourth-order valence-corrected chi connectivity index (χ4v) is 2.85. The Balaban J connectivity index is 1.95. The maximum absolute atomic E-state index is 12.3. The summed E-state index contributed by atoms with van der Waals surface area (Å²) in [7, 11) is 1.56. The van der Waals surface area contributed by atoms with Crippen LogP contribution in [-0.4, -0.2) is 36.1 Å². The zero-order chi connectivity index (χ0) is 17.0. The highest BCUT2D eigenvalue weighted by atomic mass is 32.1. The number of carbonyl (C=O) groups is 3. The van der Waals surface area contributed by atoms with E-state index in [-0.39, 0.29) is 24.1 Å². The largest absolute Gasteiger partial charge is 0.332 e. The minimum absolute atomic E-state index is 0.0555. The molecule has 2 aromatic rings. The quantitative estimate of drug-likeness (QED) is 0.857. The van der Waals surface area contributed by atoms with Gasteiger partial charge in [0.25, 0.3) is 5.91 Å². The molecule has 6 heteroatoms. The summed E-state index contributed by atoms with van der Waals surface area (Å²) in [6.45, 7) is 3.37. The molecule has 2 amide bonds. The predicted octanol–water partition coefficient (Wildman–Crippen LogP) is 2.97. The van der Waals surface area contributed by atoms with Gasteiger partial charge in [-0.2, -0.15) is 0 Å². The van der Waals surface area contributed by atoms with Crippen molar-refractivity contribution in [1.82, 2.24) is 4.90 Å². The molecule has 0 unspecified atom stereocenters. The summed E-state index contributed by atoms with van der Waals surface area (Å²) in [6.07, 6.45) is 0. The van der Waals surface area contributed by atoms with Crippen molar-refractivity contribution in [3.8, 4) is 0 Å². The third kappa shape index (κ3) is 4.50. The van der Waals surface area contributed by atoms with Crippen LogP contribution >= 0.6 is 11.3 Å². The van der Waals surface area contributed by atoms with Crippen LogP contribution in [-0.2, 0) is 4.79 Å². The van der Waals surface area contributed by atoms with Gasteiger partial charge in [-0.25, -0.2) is 0 Å². The lowest BCUT2D eigenvalue weighted by atomic mass is 10.2. The normalized spacial score (nSPS) is 10.2. The van der Waals surface area contributed by atoms with E-state index < -0.39 is 0 Å². The summed E-state index contributed by atoms with van der Waals surface area (Å²) in [4.78, 5) is 37.8. The highest BCUT2D eigenvalue weighted by molar-refractivity contribution is 7.15. The van der Waals surface area contributed by atoms with Crippen LogP contribution in [0.4, 0.5) is 5.69 Å². The van der Waals surface area contributed by atoms with Crippen molar-refractivity contribution in [2.24, 2.45) is 0 Å². The van der Waals surface area contributed by atoms with Crippen molar-refractivity contribution in [2.75, 3.05) is 18.9 Å². The van der Waals surface area contributed by atoms with E-state index in [4.69, 9.17) is 0 Å². The Morgan fingerprint density at radius 3 is 2.22 bits per heavy atom. The van der Waals surface area contributed by atoms with Crippen molar-refractivity contribution in [2.45, 2.75) is 13.8 Å². The van der Waals surface area contributed by atoms with Crippen LogP contribution in [0.1, 0.15) is 31.8 Å². The molecule has 0 aliphatic carbocycles. The van der Waals surface area contributed by atoms with Gasteiger partial charge in [0, 0.05) is 12.7 Å². The molecule has 2 rings (SSSR count). The first-order valence-electron chi connectivity index (χ1n) is 7.09. The van der Waals surface area contributed by atoms with Gasteiger partial charge in [-0.1, -0.05) is 17.7 Å². The number of hydrogen-bond donors (Lipinski definition) is 1. The van der Waals surface area contributed by atoms with E-state index in [9.17, 15) is 14.4 Å². The lowest BCUT2D eigenvalue weighted by molar-refractivity contribution is -0.116. The maximum atomic E-state index is 12.3. The van der Waals surface area contributed by atoms with Gasteiger partial charge in [-0.15, -0.1) is 11.3 Å². The molecule has 1 aromatic carbocycles. The highest BCUT2D eigenvalue weighted by Crippen LogP contribution is 2.18. The number of amides is 2. The summed E-state index contributed by atoms with van der Waals surface area (Å²) in [6, 6.07) is 10.7. The number of Topliss-reactive ketones (excluding diaryl/α,β-unsaturated/α-hetero) is 1. The van der Waals surface area contributed by atoms with Gasteiger partial charge in [0.2, 0.25) is 5.91 Å². The molecular weight excluding hydrogens is 312 g/mol. The summed E-state index contributed by atoms with van der Waals surface area (Å²) < 4.78 is 0. The van der Waals surface area contributed by atoms with E-state index in [1.54, 1.807) is 19.2 Å². The lowest BCUT2D eigenvalue weighted by Gasteiger charge is -2.16. The van der Waals surface area contributed by atoms with Gasteiger partial charge in [0.1, 0.15) is 0 Å². The smallest absolute Gasteiger partial charge is 0.264 e. The van der Waals surface area contributed by atoms with E-state index in [0.29, 0.717) is 15.4 Å². The van der Waals surface area contributed by atoms with Gasteiger partial charge in [-0.05, 0) is 38.1 Å². The lowest BCUT2D eigenvalue weighted by Crippen LogP contribution is -2.34. The number of rotatable bonds is 5. The van der Waals surface area contributed by atoms with Crippen molar-refractivity contribution in [3.05, 3.63) is 51.7 Å². The zero-order valence-corrected chi connectivity index (χ0v) is 14.1. The number of nitrogens with zero attached hydrogens (tertiary/aromatic N) is 1. The maximum Gasteiger partial charge on any atom is 0.264 e. The first-order valence-corrected chi connectivity index (χ1v) is 7.91. The van der Waals surface area contributed by atoms with Crippen LogP contribution in [0.5, 0.6) is 0 Å². The van der Waals surface area contributed by atoms with E-state index in [1.165, 1.54) is 11.8 Å². The molecule has 0 saturated heterocycles. The number of aryl methyl sites for hydroxylation is 1. The molecule has 0 bridgehead atoms. The summed E-state index contributed by atoms with van der Waals surface area (Å²) in [5.74, 6) is -0.622. The topological polar surface area (TPSA) is 66.5 Å². The van der Waals surface area contributed by atoms with Crippen LogP contribution in [0.2, 0.25) is 0 Å². The summed E-state index contributed by atoms with van der Waals surface area (Å²) in [5, 5.41) is 2.75. The number of hydrogen-bond acceptors (Lipinski definition) is 4. The number of benzene rings is 1. The molecule has 0 aliphatic heterocycles. The van der Waals surface area contributed by atoms with E-state index >= 15 is 0 Å². The molecule has 0 atom stereocenters. The molecule has 0 spiro atoms. The molecule has 1 N–H and O–H groups in total. The van der Waals surface area contributed by atoms with Gasteiger partial charge < -0.3 is 10.2 Å². The third-order valence-corrected chi connectivity index (χ3v) is 4.40. The fourth-order valence-electron chi connectivity index (χ4n) is 1.95. The Hall–Kier alpha value is -2.47. The van der Waals surface area contributed by atoms with E-state index in [1.807, 2.05) is 31.2 Å². The second-order valence-electron chi connectivity index (χ2n) is 5.30. The number of thiophene rings is 1. The average Bonchev–Trinajstić information content (AvgIpc) is 2.98. The summed E-state index contributed by atoms with van der Waals surface area (Å²) >= 11 is 1.14. The number of nitrogens with one attached hydrogen (secondary N) is 1. The molecule has 0 aliphatic rings. The van der Waals surface area contributed by atoms with Crippen molar-refractivity contribution in [3.63, 3.8) is 0 Å².